The van der Waals surface area contributed by atoms with Crippen LogP contribution in [0.4, 0.5) is 10.1 Å². The molecule has 0 N–H and O–H groups in total. The molecule has 1 amide bonds. The Kier molecular flexibility index (Phi) is 6.12. The second-order valence-electron chi connectivity index (χ2n) is 8.10. The zero-order valence-corrected chi connectivity index (χ0v) is 18.6. The fourth-order valence-corrected chi connectivity index (χ4v) is 4.48. The van der Waals surface area contributed by atoms with Crippen molar-refractivity contribution >= 4 is 17.6 Å². The van der Waals surface area contributed by atoms with Crippen LogP contribution < -0.4 is 4.90 Å². The summed E-state index contributed by atoms with van der Waals surface area (Å²) < 4.78 is 20.6. The minimum atomic E-state index is -0.402. The normalized spacial score (nSPS) is 15.0. The van der Waals surface area contributed by atoms with E-state index < -0.39 is 5.97 Å². The van der Waals surface area contributed by atoms with Crippen LogP contribution in [0.5, 0.6) is 0 Å². The van der Waals surface area contributed by atoms with E-state index in [9.17, 15) is 14.0 Å². The summed E-state index contributed by atoms with van der Waals surface area (Å²) in [5.74, 6) is -0.690. The smallest absolute Gasteiger partial charge is 0.339 e. The van der Waals surface area contributed by atoms with Crippen molar-refractivity contribution in [2.24, 2.45) is 0 Å². The van der Waals surface area contributed by atoms with Crippen molar-refractivity contribution in [1.82, 2.24) is 4.57 Å². The lowest BCUT2D eigenvalue weighted by Gasteiger charge is -2.23. The summed E-state index contributed by atoms with van der Waals surface area (Å²) in [6, 6.07) is 16.0. The zero-order chi connectivity index (χ0) is 22.8. The molecule has 1 aliphatic heterocycles. The maximum atomic E-state index is 13.5. The van der Waals surface area contributed by atoms with E-state index in [0.717, 1.165) is 29.1 Å². The van der Waals surface area contributed by atoms with E-state index in [4.69, 9.17) is 4.74 Å². The Hall–Kier alpha value is -3.41. The van der Waals surface area contributed by atoms with Crippen LogP contribution in [-0.4, -0.2) is 29.1 Å². The lowest BCUT2D eigenvalue weighted by atomic mass is 10.1. The largest absolute Gasteiger partial charge is 0.462 e. The Morgan fingerprint density at radius 1 is 1.12 bits per heavy atom. The summed E-state index contributed by atoms with van der Waals surface area (Å²) in [4.78, 5) is 27.6. The number of esters is 1. The summed E-state index contributed by atoms with van der Waals surface area (Å²) in [5.41, 5.74) is 4.87. The van der Waals surface area contributed by atoms with Crippen molar-refractivity contribution < 1.29 is 18.7 Å². The minimum absolute atomic E-state index is 0.0401. The van der Waals surface area contributed by atoms with Gasteiger partial charge in [-0.05, 0) is 74.7 Å². The predicted octanol–water partition coefficient (Wildman–Crippen LogP) is 5.15. The number of para-hydroxylation sites is 1. The summed E-state index contributed by atoms with van der Waals surface area (Å²) in [7, 11) is 0. The molecule has 3 aromatic rings. The number of halogens is 1. The second-order valence-corrected chi connectivity index (χ2v) is 8.10. The number of fused-ring (bicyclic) bond motifs is 1. The fraction of sp³-hybridized carbons (Fsp3) is 0.308. The molecule has 1 atom stereocenters. The number of ether oxygens (including phenoxy) is 1. The number of hydrogen-bond donors (Lipinski definition) is 0. The first-order valence-electron chi connectivity index (χ1n) is 10.9. The number of hydrogen-bond acceptors (Lipinski definition) is 3. The van der Waals surface area contributed by atoms with Crippen LogP contribution in [0.3, 0.4) is 0 Å². The molecule has 5 nitrogen and oxygen atoms in total. The van der Waals surface area contributed by atoms with Gasteiger partial charge in [0.05, 0.1) is 12.2 Å². The van der Waals surface area contributed by atoms with Crippen LogP contribution in [0.2, 0.25) is 0 Å². The Bertz CT molecular complexity index is 1150. The molecule has 1 aromatic heterocycles. The molecule has 0 unspecified atom stereocenters. The van der Waals surface area contributed by atoms with Crippen molar-refractivity contribution in [3.8, 4) is 11.3 Å². The highest BCUT2D eigenvalue weighted by Gasteiger charge is 2.30. The van der Waals surface area contributed by atoms with Gasteiger partial charge in [-0.1, -0.05) is 18.2 Å². The lowest BCUT2D eigenvalue weighted by Crippen LogP contribution is -2.36. The maximum absolute atomic E-state index is 13.5. The molecular weight excluding hydrogens is 407 g/mol. The van der Waals surface area contributed by atoms with E-state index in [1.165, 1.54) is 17.7 Å². The molecule has 4 rings (SSSR count). The van der Waals surface area contributed by atoms with Gasteiger partial charge < -0.3 is 14.2 Å². The monoisotopic (exact) mass is 434 g/mol. The summed E-state index contributed by atoms with van der Waals surface area (Å²) in [6.07, 6.45) is 1.13. The molecule has 32 heavy (non-hydrogen) atoms. The molecule has 0 saturated carbocycles. The van der Waals surface area contributed by atoms with Crippen LogP contribution in [0.1, 0.15) is 41.9 Å². The topological polar surface area (TPSA) is 51.5 Å². The molecule has 0 bridgehead atoms. The average molecular weight is 435 g/mol. The summed E-state index contributed by atoms with van der Waals surface area (Å²) >= 11 is 0. The Morgan fingerprint density at radius 3 is 2.56 bits per heavy atom. The third-order valence-corrected chi connectivity index (χ3v) is 6.03. The van der Waals surface area contributed by atoms with Gasteiger partial charge in [0.2, 0.25) is 5.91 Å². The van der Waals surface area contributed by atoms with Gasteiger partial charge in [0.25, 0.3) is 0 Å². The number of aromatic nitrogens is 1. The number of anilines is 1. The highest BCUT2D eigenvalue weighted by Crippen LogP contribution is 2.33. The minimum Gasteiger partial charge on any atom is -0.462 e. The number of rotatable bonds is 6. The van der Waals surface area contributed by atoms with E-state index in [0.29, 0.717) is 12.1 Å². The van der Waals surface area contributed by atoms with Crippen LogP contribution in [0, 0.1) is 12.7 Å². The third kappa shape index (κ3) is 4.05. The Balaban J connectivity index is 1.63. The van der Waals surface area contributed by atoms with Crippen molar-refractivity contribution in [3.63, 3.8) is 0 Å². The van der Waals surface area contributed by atoms with Gasteiger partial charge in [-0.3, -0.25) is 4.79 Å². The quantitative estimate of drug-likeness (QED) is 0.505. The number of amides is 1. The third-order valence-electron chi connectivity index (χ3n) is 6.03. The second kappa shape index (κ2) is 8.99. The molecule has 2 heterocycles. The molecule has 0 fully saturated rings. The highest BCUT2D eigenvalue weighted by molar-refractivity contribution is 5.96. The van der Waals surface area contributed by atoms with E-state index in [-0.39, 0.29) is 30.8 Å². The van der Waals surface area contributed by atoms with Crippen LogP contribution in [-0.2, 0) is 22.5 Å². The van der Waals surface area contributed by atoms with Crippen molar-refractivity contribution in [3.05, 3.63) is 77.2 Å². The SMILES string of the molecule is CCOC(=O)c1cc(-c2ccc(F)cc2)n(CCC(=O)N2c3ccccc3C[C@@H]2C)c1C. The predicted molar refractivity (Wildman–Crippen MR) is 122 cm³/mol. The first kappa shape index (κ1) is 21.8. The van der Waals surface area contributed by atoms with Gasteiger partial charge in [-0.2, -0.15) is 0 Å². The highest BCUT2D eigenvalue weighted by atomic mass is 19.1. The fourth-order valence-electron chi connectivity index (χ4n) is 4.48. The number of carbonyl (C=O) groups is 2. The molecule has 1 aliphatic rings. The van der Waals surface area contributed by atoms with E-state index in [1.807, 2.05) is 34.6 Å². The first-order valence-corrected chi connectivity index (χ1v) is 10.9. The van der Waals surface area contributed by atoms with Gasteiger partial charge in [0.15, 0.2) is 0 Å². The van der Waals surface area contributed by atoms with Gasteiger partial charge in [-0.15, -0.1) is 0 Å². The molecule has 0 aliphatic carbocycles. The standard InChI is InChI=1S/C26H27FN2O3/c1-4-32-26(31)22-16-24(19-9-11-21(27)12-10-19)28(18(22)3)14-13-25(30)29-17(2)15-20-7-5-6-8-23(20)29/h5-12,16-17H,4,13-15H2,1-3H3/t17-/m0/s1. The lowest BCUT2D eigenvalue weighted by molar-refractivity contribution is -0.119. The van der Waals surface area contributed by atoms with Gasteiger partial charge in [0, 0.05) is 36.1 Å². The zero-order valence-electron chi connectivity index (χ0n) is 18.6. The number of benzene rings is 2. The van der Waals surface area contributed by atoms with Gasteiger partial charge in [-0.25, -0.2) is 9.18 Å². The van der Waals surface area contributed by atoms with E-state index >= 15 is 0 Å². The first-order chi connectivity index (χ1) is 15.4. The molecule has 166 valence electrons. The molecule has 0 spiro atoms. The summed E-state index contributed by atoms with van der Waals surface area (Å²) in [5, 5.41) is 0. The maximum Gasteiger partial charge on any atom is 0.339 e. The van der Waals surface area contributed by atoms with Crippen molar-refractivity contribution in [2.45, 2.75) is 46.2 Å². The Labute approximate surface area is 187 Å². The molecule has 6 heteroatoms. The van der Waals surface area contributed by atoms with E-state index in [2.05, 4.69) is 13.0 Å². The van der Waals surface area contributed by atoms with Gasteiger partial charge in [0.1, 0.15) is 5.82 Å². The van der Waals surface area contributed by atoms with Crippen LogP contribution in [0.15, 0.2) is 54.6 Å². The van der Waals surface area contributed by atoms with Gasteiger partial charge >= 0.3 is 5.97 Å². The molecule has 0 saturated heterocycles. The Morgan fingerprint density at radius 2 is 1.84 bits per heavy atom. The number of carbonyl (C=O) groups excluding carboxylic acids is 2. The summed E-state index contributed by atoms with van der Waals surface area (Å²) in [6.45, 7) is 6.35. The molecule has 2 aromatic carbocycles. The van der Waals surface area contributed by atoms with Crippen molar-refractivity contribution in [1.29, 1.82) is 0 Å². The molecular formula is C26H27FN2O3. The molecule has 0 radical (unpaired) electrons. The average Bonchev–Trinajstić information content (AvgIpc) is 3.29. The van der Waals surface area contributed by atoms with Crippen molar-refractivity contribution in [2.75, 3.05) is 11.5 Å². The van der Waals surface area contributed by atoms with E-state index in [1.54, 1.807) is 25.1 Å². The van der Waals surface area contributed by atoms with Crippen LogP contribution >= 0.6 is 0 Å². The number of nitrogens with zero attached hydrogens (tertiary/aromatic N) is 2. The van der Waals surface area contributed by atoms with Crippen LogP contribution in [0.25, 0.3) is 11.3 Å².